The van der Waals surface area contributed by atoms with Crippen LogP contribution in [0.3, 0.4) is 0 Å². The first-order valence-electron chi connectivity index (χ1n) is 6.38. The van der Waals surface area contributed by atoms with Crippen LogP contribution in [0.15, 0.2) is 30.3 Å². The summed E-state index contributed by atoms with van der Waals surface area (Å²) in [5, 5.41) is 3.30. The highest BCUT2D eigenvalue weighted by atomic mass is 16.6. The molecule has 0 bridgehead atoms. The van der Waals surface area contributed by atoms with Crippen LogP contribution in [0.4, 0.5) is 4.79 Å². The van der Waals surface area contributed by atoms with Crippen molar-refractivity contribution < 1.29 is 9.53 Å². The summed E-state index contributed by atoms with van der Waals surface area (Å²) in [7, 11) is 1.80. The lowest BCUT2D eigenvalue weighted by Gasteiger charge is -2.20. The number of ether oxygens (including phenoxy) is 1. The second-order valence-electron chi connectivity index (χ2n) is 4.78. The molecule has 1 aromatic carbocycles. The molecule has 4 nitrogen and oxygen atoms in total. The van der Waals surface area contributed by atoms with E-state index in [0.717, 1.165) is 31.6 Å². The van der Waals surface area contributed by atoms with E-state index in [0.29, 0.717) is 12.5 Å². The molecule has 18 heavy (non-hydrogen) atoms. The third kappa shape index (κ3) is 3.74. The summed E-state index contributed by atoms with van der Waals surface area (Å²) in [5.41, 5.74) is 1.02. The van der Waals surface area contributed by atoms with Gasteiger partial charge in [0.25, 0.3) is 0 Å². The maximum absolute atomic E-state index is 11.8. The van der Waals surface area contributed by atoms with Crippen molar-refractivity contribution in [1.29, 1.82) is 0 Å². The molecular formula is C14H20N2O2. The molecule has 0 unspecified atom stereocenters. The molecule has 0 radical (unpaired) electrons. The van der Waals surface area contributed by atoms with Gasteiger partial charge >= 0.3 is 6.09 Å². The average molecular weight is 248 g/mol. The summed E-state index contributed by atoms with van der Waals surface area (Å²) < 4.78 is 5.27. The number of nitrogens with zero attached hydrogens (tertiary/aromatic N) is 1. The minimum Gasteiger partial charge on any atom is -0.445 e. The van der Waals surface area contributed by atoms with E-state index in [1.807, 2.05) is 30.3 Å². The van der Waals surface area contributed by atoms with Crippen LogP contribution in [-0.4, -0.2) is 37.7 Å². The number of carbonyl (C=O) groups excluding carboxylic acids is 1. The average Bonchev–Trinajstić information content (AvgIpc) is 2.90. The third-order valence-electron chi connectivity index (χ3n) is 3.21. The number of benzene rings is 1. The number of rotatable bonds is 4. The molecule has 2 rings (SSSR count). The second kappa shape index (κ2) is 6.40. The van der Waals surface area contributed by atoms with Gasteiger partial charge in [0.05, 0.1) is 0 Å². The standard InChI is InChI=1S/C14H20N2O2/c1-16(10-13-7-8-15-9-13)14(17)18-11-12-5-3-2-4-6-12/h2-6,13,15H,7-11H2,1H3/t13-/m1/s1. The number of hydrogen-bond donors (Lipinski definition) is 1. The number of amides is 1. The molecule has 1 N–H and O–H groups in total. The molecule has 98 valence electrons. The molecule has 1 atom stereocenters. The topological polar surface area (TPSA) is 41.6 Å². The highest BCUT2D eigenvalue weighted by Crippen LogP contribution is 2.10. The van der Waals surface area contributed by atoms with Gasteiger partial charge in [0.2, 0.25) is 0 Å². The Labute approximate surface area is 108 Å². The van der Waals surface area contributed by atoms with Crippen LogP contribution in [0.25, 0.3) is 0 Å². The maximum atomic E-state index is 11.8. The van der Waals surface area contributed by atoms with Crippen molar-refractivity contribution in [1.82, 2.24) is 10.2 Å². The number of hydrogen-bond acceptors (Lipinski definition) is 3. The van der Waals surface area contributed by atoms with Gasteiger partial charge in [-0.05, 0) is 31.0 Å². The smallest absolute Gasteiger partial charge is 0.409 e. The Bertz CT molecular complexity index is 375. The molecule has 1 aromatic rings. The van der Waals surface area contributed by atoms with Gasteiger partial charge in [-0.15, -0.1) is 0 Å². The fourth-order valence-electron chi connectivity index (χ4n) is 2.16. The quantitative estimate of drug-likeness (QED) is 0.884. The summed E-state index contributed by atoms with van der Waals surface area (Å²) >= 11 is 0. The van der Waals surface area contributed by atoms with E-state index < -0.39 is 0 Å². The van der Waals surface area contributed by atoms with Gasteiger partial charge in [0.15, 0.2) is 0 Å². The van der Waals surface area contributed by atoms with Crippen LogP contribution in [0.1, 0.15) is 12.0 Å². The Balaban J connectivity index is 1.73. The molecule has 1 aliphatic rings. The summed E-state index contributed by atoms with van der Waals surface area (Å²) in [4.78, 5) is 13.5. The van der Waals surface area contributed by atoms with Crippen LogP contribution < -0.4 is 5.32 Å². The molecule has 4 heteroatoms. The molecule has 0 saturated carbocycles. The van der Waals surface area contributed by atoms with E-state index in [9.17, 15) is 4.79 Å². The molecule has 1 aliphatic heterocycles. The molecule has 0 spiro atoms. The molecule has 1 heterocycles. The first kappa shape index (κ1) is 12.9. The Morgan fingerprint density at radius 3 is 2.89 bits per heavy atom. The van der Waals surface area contributed by atoms with Gasteiger partial charge in [-0.3, -0.25) is 0 Å². The lowest BCUT2D eigenvalue weighted by Crippen LogP contribution is -2.33. The summed E-state index contributed by atoms with van der Waals surface area (Å²) in [6.07, 6.45) is 0.891. The SMILES string of the molecule is CN(C[C@@H]1CCNC1)C(=O)OCc1ccccc1. The zero-order valence-corrected chi connectivity index (χ0v) is 10.8. The highest BCUT2D eigenvalue weighted by Gasteiger charge is 2.19. The van der Waals surface area contributed by atoms with Crippen LogP contribution >= 0.6 is 0 Å². The van der Waals surface area contributed by atoms with E-state index in [1.165, 1.54) is 0 Å². The van der Waals surface area contributed by atoms with E-state index in [1.54, 1.807) is 11.9 Å². The Hall–Kier alpha value is -1.55. The van der Waals surface area contributed by atoms with Crippen molar-refractivity contribution in [2.24, 2.45) is 5.92 Å². The van der Waals surface area contributed by atoms with Gasteiger partial charge in [0, 0.05) is 13.6 Å². The largest absolute Gasteiger partial charge is 0.445 e. The van der Waals surface area contributed by atoms with Gasteiger partial charge in [0.1, 0.15) is 6.61 Å². The van der Waals surface area contributed by atoms with Crippen molar-refractivity contribution in [2.75, 3.05) is 26.7 Å². The van der Waals surface area contributed by atoms with Crippen LogP contribution in [0.5, 0.6) is 0 Å². The van der Waals surface area contributed by atoms with Gasteiger partial charge in [-0.25, -0.2) is 4.79 Å². The first-order valence-corrected chi connectivity index (χ1v) is 6.38. The normalized spacial score (nSPS) is 18.6. The van der Waals surface area contributed by atoms with Crippen LogP contribution in [-0.2, 0) is 11.3 Å². The lowest BCUT2D eigenvalue weighted by molar-refractivity contribution is 0.100. The van der Waals surface area contributed by atoms with Gasteiger partial charge < -0.3 is 15.0 Å². The van der Waals surface area contributed by atoms with E-state index >= 15 is 0 Å². The Morgan fingerprint density at radius 2 is 2.22 bits per heavy atom. The summed E-state index contributed by atoms with van der Waals surface area (Å²) in [5.74, 6) is 0.555. The van der Waals surface area contributed by atoms with Crippen LogP contribution in [0.2, 0.25) is 0 Å². The van der Waals surface area contributed by atoms with Crippen molar-refractivity contribution in [3.63, 3.8) is 0 Å². The minimum absolute atomic E-state index is 0.245. The molecule has 1 amide bonds. The van der Waals surface area contributed by atoms with Crippen molar-refractivity contribution in [2.45, 2.75) is 13.0 Å². The van der Waals surface area contributed by atoms with Crippen molar-refractivity contribution in [3.8, 4) is 0 Å². The number of nitrogens with one attached hydrogen (secondary N) is 1. The minimum atomic E-state index is -0.245. The molecule has 0 aliphatic carbocycles. The van der Waals surface area contributed by atoms with Crippen molar-refractivity contribution in [3.05, 3.63) is 35.9 Å². The molecule has 0 aromatic heterocycles. The van der Waals surface area contributed by atoms with Gasteiger partial charge in [-0.1, -0.05) is 30.3 Å². The summed E-state index contributed by atoms with van der Waals surface area (Å²) in [6.45, 7) is 3.15. The van der Waals surface area contributed by atoms with E-state index in [-0.39, 0.29) is 6.09 Å². The van der Waals surface area contributed by atoms with E-state index in [2.05, 4.69) is 5.32 Å². The Morgan fingerprint density at radius 1 is 1.44 bits per heavy atom. The zero-order valence-electron chi connectivity index (χ0n) is 10.8. The number of carbonyl (C=O) groups is 1. The molecule has 1 fully saturated rings. The fraction of sp³-hybridized carbons (Fsp3) is 0.500. The summed E-state index contributed by atoms with van der Waals surface area (Å²) in [6, 6.07) is 9.74. The predicted molar refractivity (Wildman–Crippen MR) is 70.2 cm³/mol. The fourth-order valence-corrected chi connectivity index (χ4v) is 2.16. The van der Waals surface area contributed by atoms with Crippen LogP contribution in [0, 0.1) is 5.92 Å². The predicted octanol–water partition coefficient (Wildman–Crippen LogP) is 1.86. The molecular weight excluding hydrogens is 228 g/mol. The highest BCUT2D eigenvalue weighted by molar-refractivity contribution is 5.67. The first-order chi connectivity index (χ1) is 8.75. The second-order valence-corrected chi connectivity index (χ2v) is 4.78. The monoisotopic (exact) mass is 248 g/mol. The lowest BCUT2D eigenvalue weighted by atomic mass is 10.1. The van der Waals surface area contributed by atoms with Gasteiger partial charge in [-0.2, -0.15) is 0 Å². The van der Waals surface area contributed by atoms with E-state index in [4.69, 9.17) is 4.74 Å². The Kier molecular flexibility index (Phi) is 4.59. The zero-order chi connectivity index (χ0) is 12.8. The maximum Gasteiger partial charge on any atom is 0.409 e. The van der Waals surface area contributed by atoms with Crippen molar-refractivity contribution >= 4 is 6.09 Å². The third-order valence-corrected chi connectivity index (χ3v) is 3.21. The molecule has 1 saturated heterocycles.